The van der Waals surface area contributed by atoms with E-state index in [0.717, 1.165) is 0 Å². The van der Waals surface area contributed by atoms with Gasteiger partial charge in [-0.05, 0) is 48.7 Å². The first-order valence-corrected chi connectivity index (χ1v) is 9.42. The first-order chi connectivity index (χ1) is 13.5. The Labute approximate surface area is 162 Å². The summed E-state index contributed by atoms with van der Waals surface area (Å²) in [6, 6.07) is 11.3. The Hall–Kier alpha value is -2.64. The lowest BCUT2D eigenvalue weighted by Gasteiger charge is -2.38. The van der Waals surface area contributed by atoms with E-state index in [2.05, 4.69) is 10.2 Å². The molecule has 4 rings (SSSR count). The minimum atomic E-state index is -0.992. The number of rotatable bonds is 5. The van der Waals surface area contributed by atoms with Crippen LogP contribution in [-0.2, 0) is 5.60 Å². The number of likely N-dealkylation sites (tertiary alicyclic amines) is 1. The summed E-state index contributed by atoms with van der Waals surface area (Å²) in [4.78, 5) is 14.5. The molecule has 1 saturated heterocycles. The fraction of sp³-hybridized carbons (Fsp3) is 0.381. The van der Waals surface area contributed by atoms with Gasteiger partial charge in [-0.3, -0.25) is 4.79 Å². The second-order valence-electron chi connectivity index (χ2n) is 7.21. The number of ether oxygens (including phenoxy) is 2. The number of fused-ring (bicyclic) bond motifs is 1. The number of hydrogen-bond donors (Lipinski definition) is 2. The Morgan fingerprint density at radius 2 is 1.93 bits per heavy atom. The molecule has 0 radical (unpaired) electrons. The third-order valence-corrected chi connectivity index (χ3v) is 5.39. The van der Waals surface area contributed by atoms with Crippen molar-refractivity contribution in [3.8, 4) is 11.5 Å². The predicted molar refractivity (Wildman–Crippen MR) is 101 cm³/mol. The van der Waals surface area contributed by atoms with Crippen LogP contribution in [0.2, 0.25) is 0 Å². The van der Waals surface area contributed by atoms with Gasteiger partial charge in [0.25, 0.3) is 5.91 Å². The van der Waals surface area contributed by atoms with Crippen LogP contribution in [0.3, 0.4) is 0 Å². The Kier molecular flexibility index (Phi) is 5.19. The van der Waals surface area contributed by atoms with Gasteiger partial charge in [-0.15, -0.1) is 0 Å². The summed E-state index contributed by atoms with van der Waals surface area (Å²) in [6.45, 7) is 2.75. The SMILES string of the molecule is O=C(NCCN1CCC(O)(c2cccc(F)c2)CC1)c1ccc2c(c1)OCO2. The lowest BCUT2D eigenvalue weighted by Crippen LogP contribution is -2.45. The van der Waals surface area contributed by atoms with E-state index in [0.29, 0.717) is 61.6 Å². The highest BCUT2D eigenvalue weighted by atomic mass is 19.1. The lowest BCUT2D eigenvalue weighted by atomic mass is 9.84. The maximum absolute atomic E-state index is 13.4. The van der Waals surface area contributed by atoms with Crippen LogP contribution in [0.1, 0.15) is 28.8 Å². The highest BCUT2D eigenvalue weighted by molar-refractivity contribution is 5.94. The number of aliphatic hydroxyl groups is 1. The number of carbonyl (C=O) groups is 1. The van der Waals surface area contributed by atoms with Crippen molar-refractivity contribution in [2.75, 3.05) is 33.0 Å². The van der Waals surface area contributed by atoms with Crippen LogP contribution in [-0.4, -0.2) is 48.9 Å². The molecule has 28 heavy (non-hydrogen) atoms. The molecule has 6 nitrogen and oxygen atoms in total. The van der Waals surface area contributed by atoms with Crippen molar-refractivity contribution in [2.45, 2.75) is 18.4 Å². The molecule has 0 aromatic heterocycles. The van der Waals surface area contributed by atoms with Gasteiger partial charge in [-0.1, -0.05) is 12.1 Å². The Balaban J connectivity index is 1.25. The fourth-order valence-electron chi connectivity index (χ4n) is 3.68. The fourth-order valence-corrected chi connectivity index (χ4v) is 3.68. The minimum Gasteiger partial charge on any atom is -0.454 e. The molecular weight excluding hydrogens is 363 g/mol. The van der Waals surface area contributed by atoms with E-state index in [1.54, 1.807) is 30.3 Å². The summed E-state index contributed by atoms with van der Waals surface area (Å²) in [6.07, 6.45) is 1.07. The summed E-state index contributed by atoms with van der Waals surface area (Å²) >= 11 is 0. The van der Waals surface area contributed by atoms with Crippen LogP contribution >= 0.6 is 0 Å². The summed E-state index contributed by atoms with van der Waals surface area (Å²) in [5, 5.41) is 13.7. The van der Waals surface area contributed by atoms with E-state index in [9.17, 15) is 14.3 Å². The molecule has 0 unspecified atom stereocenters. The highest BCUT2D eigenvalue weighted by Gasteiger charge is 2.34. The van der Waals surface area contributed by atoms with Gasteiger partial charge in [0, 0.05) is 31.7 Å². The summed E-state index contributed by atoms with van der Waals surface area (Å²) in [5.74, 6) is 0.738. The van der Waals surface area contributed by atoms with Crippen molar-refractivity contribution in [1.82, 2.24) is 10.2 Å². The van der Waals surface area contributed by atoms with Crippen LogP contribution in [0, 0.1) is 5.82 Å². The van der Waals surface area contributed by atoms with Crippen molar-refractivity contribution in [2.24, 2.45) is 0 Å². The molecule has 2 heterocycles. The third-order valence-electron chi connectivity index (χ3n) is 5.39. The number of nitrogens with one attached hydrogen (secondary N) is 1. The van der Waals surface area contributed by atoms with E-state index in [1.165, 1.54) is 12.1 Å². The van der Waals surface area contributed by atoms with Crippen LogP contribution in [0.25, 0.3) is 0 Å². The van der Waals surface area contributed by atoms with Crippen molar-refractivity contribution >= 4 is 5.91 Å². The van der Waals surface area contributed by atoms with Crippen molar-refractivity contribution in [1.29, 1.82) is 0 Å². The molecule has 1 fully saturated rings. The Morgan fingerprint density at radius 1 is 1.14 bits per heavy atom. The molecule has 2 N–H and O–H groups in total. The van der Waals surface area contributed by atoms with Gasteiger partial charge in [-0.25, -0.2) is 4.39 Å². The van der Waals surface area contributed by atoms with Crippen LogP contribution in [0.15, 0.2) is 42.5 Å². The average Bonchev–Trinajstić information content (AvgIpc) is 3.17. The van der Waals surface area contributed by atoms with E-state index in [1.807, 2.05) is 0 Å². The molecule has 2 aliphatic rings. The van der Waals surface area contributed by atoms with Crippen molar-refractivity contribution in [3.63, 3.8) is 0 Å². The smallest absolute Gasteiger partial charge is 0.251 e. The van der Waals surface area contributed by atoms with E-state index < -0.39 is 5.60 Å². The molecule has 2 aliphatic heterocycles. The number of nitrogens with zero attached hydrogens (tertiary/aromatic N) is 1. The van der Waals surface area contributed by atoms with Crippen LogP contribution in [0.4, 0.5) is 4.39 Å². The second-order valence-corrected chi connectivity index (χ2v) is 7.21. The Morgan fingerprint density at radius 3 is 2.71 bits per heavy atom. The van der Waals surface area contributed by atoms with E-state index >= 15 is 0 Å². The molecule has 0 saturated carbocycles. The van der Waals surface area contributed by atoms with E-state index in [-0.39, 0.29) is 18.5 Å². The predicted octanol–water partition coefficient (Wildman–Crippen LogP) is 2.27. The topological polar surface area (TPSA) is 71.0 Å². The summed E-state index contributed by atoms with van der Waals surface area (Å²) < 4.78 is 24.0. The van der Waals surface area contributed by atoms with Gasteiger partial charge >= 0.3 is 0 Å². The first-order valence-electron chi connectivity index (χ1n) is 9.42. The van der Waals surface area contributed by atoms with Crippen molar-refractivity contribution < 1.29 is 23.8 Å². The number of carbonyl (C=O) groups excluding carboxylic acids is 1. The summed E-state index contributed by atoms with van der Waals surface area (Å²) in [7, 11) is 0. The van der Waals surface area contributed by atoms with Gasteiger partial charge in [-0.2, -0.15) is 0 Å². The molecule has 0 spiro atoms. The number of halogens is 1. The number of hydrogen-bond acceptors (Lipinski definition) is 5. The maximum atomic E-state index is 13.4. The number of benzene rings is 2. The molecule has 0 bridgehead atoms. The number of piperidine rings is 1. The molecule has 7 heteroatoms. The van der Waals surface area contributed by atoms with Gasteiger partial charge in [0.05, 0.1) is 5.60 Å². The highest BCUT2D eigenvalue weighted by Crippen LogP contribution is 2.33. The van der Waals surface area contributed by atoms with Crippen molar-refractivity contribution in [3.05, 3.63) is 59.4 Å². The third kappa shape index (κ3) is 3.95. The molecule has 2 aromatic carbocycles. The molecule has 0 atom stereocenters. The zero-order chi connectivity index (χ0) is 19.6. The van der Waals surface area contributed by atoms with Gasteiger partial charge in [0.15, 0.2) is 11.5 Å². The molecular formula is C21H23FN2O4. The molecule has 1 amide bonds. The largest absolute Gasteiger partial charge is 0.454 e. The van der Waals surface area contributed by atoms with Gasteiger partial charge < -0.3 is 24.8 Å². The van der Waals surface area contributed by atoms with Crippen LogP contribution < -0.4 is 14.8 Å². The maximum Gasteiger partial charge on any atom is 0.251 e. The van der Waals surface area contributed by atoms with Gasteiger partial charge in [0.1, 0.15) is 5.82 Å². The average molecular weight is 386 g/mol. The molecule has 148 valence electrons. The summed E-state index contributed by atoms with van der Waals surface area (Å²) in [5.41, 5.74) is 0.167. The number of amides is 1. The zero-order valence-corrected chi connectivity index (χ0v) is 15.5. The van der Waals surface area contributed by atoms with E-state index in [4.69, 9.17) is 9.47 Å². The normalized spacial score (nSPS) is 18.1. The lowest BCUT2D eigenvalue weighted by molar-refractivity contribution is -0.0257. The second kappa shape index (κ2) is 7.77. The Bertz CT molecular complexity index is 865. The quantitative estimate of drug-likeness (QED) is 0.825. The zero-order valence-electron chi connectivity index (χ0n) is 15.5. The monoisotopic (exact) mass is 386 g/mol. The van der Waals surface area contributed by atoms with Crippen LogP contribution in [0.5, 0.6) is 11.5 Å². The molecule has 0 aliphatic carbocycles. The first kappa shape index (κ1) is 18.7. The standard InChI is InChI=1S/C21H23FN2O4/c22-17-3-1-2-16(13-17)21(26)6-9-24(10-7-21)11-8-23-20(25)15-4-5-18-19(12-15)28-14-27-18/h1-5,12-13,26H,6-11,14H2,(H,23,25). The van der Waals surface area contributed by atoms with Gasteiger partial charge in [0.2, 0.25) is 6.79 Å². The molecule has 2 aromatic rings. The minimum absolute atomic E-state index is 0.161.